The van der Waals surface area contributed by atoms with Crippen molar-refractivity contribution < 1.29 is 17.9 Å². The Bertz CT molecular complexity index is 745. The zero-order chi connectivity index (χ0) is 18.7. The summed E-state index contributed by atoms with van der Waals surface area (Å²) in [6, 6.07) is -0.255. The maximum atomic E-state index is 12.8. The fraction of sp³-hybridized carbons (Fsp3) is 0.812. The Balaban J connectivity index is 1.64. The van der Waals surface area contributed by atoms with Crippen LogP contribution >= 0.6 is 11.8 Å². The third-order valence-corrected chi connectivity index (χ3v) is 7.54. The highest BCUT2D eigenvalue weighted by atomic mass is 32.2. The summed E-state index contributed by atoms with van der Waals surface area (Å²) in [5.41, 5.74) is 0. The molecule has 3 rings (SSSR count). The van der Waals surface area contributed by atoms with E-state index in [0.717, 1.165) is 30.4 Å². The van der Waals surface area contributed by atoms with E-state index in [1.807, 2.05) is 0 Å². The summed E-state index contributed by atoms with van der Waals surface area (Å²) in [6.07, 6.45) is 2.81. The minimum atomic E-state index is -3.04. The van der Waals surface area contributed by atoms with E-state index in [0.29, 0.717) is 25.5 Å². The number of hydrogen-bond donors (Lipinski definition) is 0. The average molecular weight is 403 g/mol. The van der Waals surface area contributed by atoms with Crippen LogP contribution in [0.2, 0.25) is 0 Å². The van der Waals surface area contributed by atoms with Gasteiger partial charge in [0.05, 0.1) is 23.9 Å². The first-order valence-corrected chi connectivity index (χ1v) is 11.8. The monoisotopic (exact) mass is 402 g/mol. The Morgan fingerprint density at radius 2 is 2.12 bits per heavy atom. The van der Waals surface area contributed by atoms with Gasteiger partial charge in [-0.25, -0.2) is 8.42 Å². The molecule has 1 aliphatic heterocycles. The number of carbonyl (C=O) groups excluding carboxylic acids is 1. The van der Waals surface area contributed by atoms with E-state index >= 15 is 0 Å². The van der Waals surface area contributed by atoms with Crippen LogP contribution in [0.15, 0.2) is 5.16 Å². The molecule has 1 aromatic rings. The molecule has 1 atom stereocenters. The van der Waals surface area contributed by atoms with Crippen LogP contribution in [0.25, 0.3) is 0 Å². The standard InChI is InChI=1S/C16H26N4O4S2/c1-3-19-15(12-4-5-12)17-18-16(19)25-10-14(21)20(7-8-24-2)13-6-9-26(22,23)11-13/h12-13H,3-11H2,1-2H3/t13-/m0/s1. The summed E-state index contributed by atoms with van der Waals surface area (Å²) in [7, 11) is -1.47. The van der Waals surface area contributed by atoms with Gasteiger partial charge in [-0.2, -0.15) is 0 Å². The average Bonchev–Trinajstić information content (AvgIpc) is 3.27. The predicted molar refractivity (Wildman–Crippen MR) is 99.0 cm³/mol. The molecular weight excluding hydrogens is 376 g/mol. The van der Waals surface area contributed by atoms with Gasteiger partial charge in [-0.3, -0.25) is 4.79 Å². The number of ether oxygens (including phenoxy) is 1. The van der Waals surface area contributed by atoms with Gasteiger partial charge in [-0.05, 0) is 26.2 Å². The molecule has 0 radical (unpaired) electrons. The number of methoxy groups -OCH3 is 1. The topological polar surface area (TPSA) is 94.4 Å². The molecule has 2 fully saturated rings. The van der Waals surface area contributed by atoms with Gasteiger partial charge < -0.3 is 14.2 Å². The van der Waals surface area contributed by atoms with Crippen molar-refractivity contribution in [2.45, 2.75) is 49.8 Å². The number of carbonyl (C=O) groups is 1. The van der Waals surface area contributed by atoms with Crippen LogP contribution in [0.4, 0.5) is 0 Å². The van der Waals surface area contributed by atoms with Crippen molar-refractivity contribution in [1.82, 2.24) is 19.7 Å². The van der Waals surface area contributed by atoms with Crippen LogP contribution < -0.4 is 0 Å². The van der Waals surface area contributed by atoms with E-state index in [4.69, 9.17) is 4.74 Å². The summed E-state index contributed by atoms with van der Waals surface area (Å²) in [4.78, 5) is 14.4. The van der Waals surface area contributed by atoms with Crippen molar-refractivity contribution >= 4 is 27.5 Å². The molecular formula is C16H26N4O4S2. The van der Waals surface area contributed by atoms with E-state index < -0.39 is 9.84 Å². The Kier molecular flexibility index (Phi) is 6.24. The molecule has 0 aromatic carbocycles. The zero-order valence-electron chi connectivity index (χ0n) is 15.3. The van der Waals surface area contributed by atoms with E-state index in [-0.39, 0.29) is 29.2 Å². The number of aromatic nitrogens is 3. The second kappa shape index (κ2) is 8.26. The van der Waals surface area contributed by atoms with Gasteiger partial charge in [0, 0.05) is 32.2 Å². The Labute approximate surface area is 158 Å². The molecule has 8 nitrogen and oxygen atoms in total. The van der Waals surface area contributed by atoms with Gasteiger partial charge in [0.1, 0.15) is 5.82 Å². The molecule has 2 heterocycles. The number of nitrogens with zero attached hydrogens (tertiary/aromatic N) is 4. The molecule has 1 saturated heterocycles. The van der Waals surface area contributed by atoms with Crippen LogP contribution in [0, 0.1) is 0 Å². The lowest BCUT2D eigenvalue weighted by molar-refractivity contribution is -0.130. The Morgan fingerprint density at radius 3 is 2.69 bits per heavy atom. The minimum Gasteiger partial charge on any atom is -0.383 e. The Morgan fingerprint density at radius 1 is 1.35 bits per heavy atom. The highest BCUT2D eigenvalue weighted by molar-refractivity contribution is 7.99. The highest BCUT2D eigenvalue weighted by Gasteiger charge is 2.35. The quantitative estimate of drug-likeness (QED) is 0.567. The number of thioether (sulfide) groups is 1. The fourth-order valence-electron chi connectivity index (χ4n) is 3.28. The van der Waals surface area contributed by atoms with Crippen molar-refractivity contribution in [2.24, 2.45) is 0 Å². The first-order valence-electron chi connectivity index (χ1n) is 9.00. The summed E-state index contributed by atoms with van der Waals surface area (Å²) in [5, 5.41) is 9.29. The molecule has 146 valence electrons. The maximum Gasteiger partial charge on any atom is 0.233 e. The molecule has 0 spiro atoms. The van der Waals surface area contributed by atoms with Crippen molar-refractivity contribution in [3.05, 3.63) is 5.82 Å². The van der Waals surface area contributed by atoms with Gasteiger partial charge in [-0.15, -0.1) is 10.2 Å². The smallest absolute Gasteiger partial charge is 0.233 e. The molecule has 1 saturated carbocycles. The first-order chi connectivity index (χ1) is 12.4. The third-order valence-electron chi connectivity index (χ3n) is 4.83. The minimum absolute atomic E-state index is 0.0457. The molecule has 10 heteroatoms. The summed E-state index contributed by atoms with van der Waals surface area (Å²) >= 11 is 1.37. The van der Waals surface area contributed by atoms with E-state index in [1.54, 1.807) is 12.0 Å². The number of amides is 1. The van der Waals surface area contributed by atoms with Gasteiger partial charge in [-0.1, -0.05) is 11.8 Å². The van der Waals surface area contributed by atoms with E-state index in [1.165, 1.54) is 11.8 Å². The number of sulfone groups is 1. The number of rotatable bonds is 9. The molecule has 26 heavy (non-hydrogen) atoms. The predicted octanol–water partition coefficient (Wildman–Crippen LogP) is 0.930. The lowest BCUT2D eigenvalue weighted by atomic mass is 10.2. The largest absolute Gasteiger partial charge is 0.383 e. The summed E-state index contributed by atoms with van der Waals surface area (Å²) in [6.45, 7) is 3.63. The van der Waals surface area contributed by atoms with Crippen LogP contribution in [-0.4, -0.2) is 77.6 Å². The van der Waals surface area contributed by atoms with Crippen LogP contribution in [-0.2, 0) is 25.9 Å². The molecule has 0 N–H and O–H groups in total. The van der Waals surface area contributed by atoms with Gasteiger partial charge in [0.25, 0.3) is 0 Å². The fourth-order valence-corrected chi connectivity index (χ4v) is 5.90. The van der Waals surface area contributed by atoms with E-state index in [9.17, 15) is 13.2 Å². The van der Waals surface area contributed by atoms with Crippen molar-refractivity contribution in [2.75, 3.05) is 37.5 Å². The van der Waals surface area contributed by atoms with E-state index in [2.05, 4.69) is 21.7 Å². The SMILES string of the molecule is CCn1c(SCC(=O)N(CCOC)[C@H]2CCS(=O)(=O)C2)nnc1C1CC1. The molecule has 1 aliphatic carbocycles. The first kappa shape index (κ1) is 19.6. The lowest BCUT2D eigenvalue weighted by Gasteiger charge is -2.28. The van der Waals surface area contributed by atoms with Gasteiger partial charge >= 0.3 is 0 Å². The highest BCUT2D eigenvalue weighted by Crippen LogP contribution is 2.40. The normalized spacial score (nSPS) is 21.8. The molecule has 2 aliphatic rings. The Hall–Kier alpha value is -1.13. The molecule has 0 bridgehead atoms. The van der Waals surface area contributed by atoms with Crippen LogP contribution in [0.1, 0.15) is 37.9 Å². The van der Waals surface area contributed by atoms with Crippen LogP contribution in [0.5, 0.6) is 0 Å². The van der Waals surface area contributed by atoms with Crippen LogP contribution in [0.3, 0.4) is 0 Å². The molecule has 0 unspecified atom stereocenters. The summed E-state index contributed by atoms with van der Waals surface area (Å²) < 4.78 is 30.7. The summed E-state index contributed by atoms with van der Waals surface area (Å²) in [5.74, 6) is 1.87. The van der Waals surface area contributed by atoms with Crippen molar-refractivity contribution in [3.63, 3.8) is 0 Å². The van der Waals surface area contributed by atoms with Gasteiger partial charge in [0.2, 0.25) is 5.91 Å². The third kappa shape index (κ3) is 4.58. The molecule has 1 aromatic heterocycles. The van der Waals surface area contributed by atoms with Gasteiger partial charge in [0.15, 0.2) is 15.0 Å². The second-order valence-electron chi connectivity index (χ2n) is 6.78. The zero-order valence-corrected chi connectivity index (χ0v) is 16.9. The van der Waals surface area contributed by atoms with Crippen molar-refractivity contribution in [3.8, 4) is 0 Å². The lowest BCUT2D eigenvalue weighted by Crippen LogP contribution is -2.44. The number of hydrogen-bond acceptors (Lipinski definition) is 7. The second-order valence-corrected chi connectivity index (χ2v) is 9.96. The van der Waals surface area contributed by atoms with Crippen molar-refractivity contribution in [1.29, 1.82) is 0 Å². The maximum absolute atomic E-state index is 12.8. The molecule has 1 amide bonds.